The molecule has 106 valence electrons. The van der Waals surface area contributed by atoms with Crippen molar-refractivity contribution in [3.63, 3.8) is 0 Å². The van der Waals surface area contributed by atoms with Crippen LogP contribution in [0.5, 0.6) is 0 Å². The molecule has 0 unspecified atom stereocenters. The molecule has 0 radical (unpaired) electrons. The molecule has 0 amide bonds. The van der Waals surface area contributed by atoms with Gasteiger partial charge in [-0.1, -0.05) is 50.1 Å². The van der Waals surface area contributed by atoms with E-state index in [2.05, 4.69) is 5.32 Å². The molecule has 4 nitrogen and oxygen atoms in total. The highest BCUT2D eigenvalue weighted by molar-refractivity contribution is 7.53. The predicted molar refractivity (Wildman–Crippen MR) is 75.7 cm³/mol. The van der Waals surface area contributed by atoms with Crippen molar-refractivity contribution in [1.82, 2.24) is 5.32 Å². The molecule has 0 spiro atoms. The lowest BCUT2D eigenvalue weighted by Crippen LogP contribution is -2.51. The third-order valence-corrected chi connectivity index (χ3v) is 6.08. The van der Waals surface area contributed by atoms with Gasteiger partial charge in [-0.3, -0.25) is 9.88 Å². The zero-order chi connectivity index (χ0) is 13.9. The number of rotatable bonds is 4. The second-order valence-electron chi connectivity index (χ2n) is 5.45. The molecule has 5 heteroatoms. The molecule has 1 fully saturated rings. The van der Waals surface area contributed by atoms with Crippen LogP contribution in [-0.2, 0) is 11.1 Å². The van der Waals surface area contributed by atoms with Gasteiger partial charge in [0.2, 0.25) is 0 Å². The molecule has 1 saturated carbocycles. The van der Waals surface area contributed by atoms with Crippen LogP contribution in [0.15, 0.2) is 30.3 Å². The zero-order valence-corrected chi connectivity index (χ0v) is 12.1. The van der Waals surface area contributed by atoms with Gasteiger partial charge in [0.25, 0.3) is 0 Å². The average molecular weight is 283 g/mol. The smallest absolute Gasteiger partial charge is 0.323 e. The van der Waals surface area contributed by atoms with Gasteiger partial charge in [0.15, 0.2) is 0 Å². The molecule has 2 rings (SSSR count). The number of nitrogens with one attached hydrogen (secondary N) is 1. The highest BCUT2D eigenvalue weighted by Gasteiger charge is 2.51. The Bertz CT molecular complexity index is 459. The van der Waals surface area contributed by atoms with Crippen molar-refractivity contribution in [2.24, 2.45) is 5.92 Å². The maximum absolute atomic E-state index is 12.0. The van der Waals surface area contributed by atoms with Crippen LogP contribution in [0.1, 0.15) is 38.2 Å². The number of hydrogen-bond donors (Lipinski definition) is 3. The molecule has 1 aliphatic carbocycles. The first-order valence-corrected chi connectivity index (χ1v) is 8.41. The van der Waals surface area contributed by atoms with E-state index in [0.29, 0.717) is 13.0 Å². The van der Waals surface area contributed by atoms with Crippen LogP contribution in [-0.4, -0.2) is 15.1 Å². The van der Waals surface area contributed by atoms with E-state index in [0.717, 1.165) is 24.8 Å². The molecule has 0 saturated heterocycles. The van der Waals surface area contributed by atoms with E-state index in [1.54, 1.807) is 0 Å². The molecular weight excluding hydrogens is 261 g/mol. The third-order valence-electron chi connectivity index (χ3n) is 4.22. The number of hydrogen-bond acceptors (Lipinski definition) is 2. The Labute approximate surface area is 114 Å². The van der Waals surface area contributed by atoms with E-state index in [-0.39, 0.29) is 5.92 Å². The van der Waals surface area contributed by atoms with Gasteiger partial charge in [-0.15, -0.1) is 0 Å². The summed E-state index contributed by atoms with van der Waals surface area (Å²) in [6.07, 6.45) is 3.34. The van der Waals surface area contributed by atoms with Crippen LogP contribution >= 0.6 is 7.60 Å². The Morgan fingerprint density at radius 1 is 1.32 bits per heavy atom. The summed E-state index contributed by atoms with van der Waals surface area (Å²) in [5.74, 6) is -0.00852. The van der Waals surface area contributed by atoms with E-state index in [4.69, 9.17) is 0 Å². The van der Waals surface area contributed by atoms with Crippen LogP contribution in [0.4, 0.5) is 0 Å². The summed E-state index contributed by atoms with van der Waals surface area (Å²) in [6, 6.07) is 9.74. The second kappa shape index (κ2) is 5.76. The van der Waals surface area contributed by atoms with Gasteiger partial charge in [0.1, 0.15) is 5.28 Å². The van der Waals surface area contributed by atoms with Crippen molar-refractivity contribution in [2.75, 3.05) is 0 Å². The van der Waals surface area contributed by atoms with Crippen molar-refractivity contribution < 1.29 is 14.4 Å². The SMILES string of the molecule is C[C@H]1CCCC[C@]1(NCc1ccccc1)P(=O)(O)O. The van der Waals surface area contributed by atoms with Crippen molar-refractivity contribution in [3.8, 4) is 0 Å². The highest BCUT2D eigenvalue weighted by atomic mass is 31.2. The fourth-order valence-electron chi connectivity index (χ4n) is 2.98. The predicted octanol–water partition coefficient (Wildman–Crippen LogP) is 2.86. The minimum atomic E-state index is -4.18. The van der Waals surface area contributed by atoms with Gasteiger partial charge < -0.3 is 9.79 Å². The van der Waals surface area contributed by atoms with Crippen molar-refractivity contribution in [1.29, 1.82) is 0 Å². The van der Waals surface area contributed by atoms with E-state index < -0.39 is 12.9 Å². The van der Waals surface area contributed by atoms with Crippen molar-refractivity contribution in [2.45, 2.75) is 44.4 Å². The molecule has 1 aromatic carbocycles. The third kappa shape index (κ3) is 3.09. The summed E-state index contributed by atoms with van der Waals surface area (Å²) in [5.41, 5.74) is 1.05. The first kappa shape index (κ1) is 14.7. The van der Waals surface area contributed by atoms with Gasteiger partial charge in [-0.2, -0.15) is 0 Å². The minimum Gasteiger partial charge on any atom is -0.323 e. The normalized spacial score (nSPS) is 28.3. The highest BCUT2D eigenvalue weighted by Crippen LogP contribution is 2.58. The van der Waals surface area contributed by atoms with Gasteiger partial charge in [-0.05, 0) is 24.3 Å². The van der Waals surface area contributed by atoms with Gasteiger partial charge in [0.05, 0.1) is 0 Å². The van der Waals surface area contributed by atoms with Gasteiger partial charge in [0, 0.05) is 6.54 Å². The summed E-state index contributed by atoms with van der Waals surface area (Å²) in [7, 11) is -4.18. The Hall–Kier alpha value is -0.670. The maximum Gasteiger partial charge on any atom is 0.345 e. The maximum atomic E-state index is 12.0. The molecule has 0 aromatic heterocycles. The summed E-state index contributed by atoms with van der Waals surface area (Å²) in [6.45, 7) is 2.44. The molecule has 3 N–H and O–H groups in total. The quantitative estimate of drug-likeness (QED) is 0.743. The number of benzene rings is 1. The summed E-state index contributed by atoms with van der Waals surface area (Å²) in [4.78, 5) is 19.6. The van der Waals surface area contributed by atoms with E-state index >= 15 is 0 Å². The Balaban J connectivity index is 2.17. The Morgan fingerprint density at radius 2 is 2.00 bits per heavy atom. The summed E-state index contributed by atoms with van der Waals surface area (Å²) < 4.78 is 12.0. The zero-order valence-electron chi connectivity index (χ0n) is 11.2. The molecule has 1 aromatic rings. The molecule has 0 aliphatic heterocycles. The van der Waals surface area contributed by atoms with Crippen molar-refractivity contribution >= 4 is 7.60 Å². The Kier molecular flexibility index (Phi) is 4.46. The molecule has 0 heterocycles. The Morgan fingerprint density at radius 3 is 2.58 bits per heavy atom. The average Bonchev–Trinajstić information content (AvgIpc) is 2.38. The van der Waals surface area contributed by atoms with Crippen LogP contribution < -0.4 is 5.32 Å². The largest absolute Gasteiger partial charge is 0.345 e. The standard InChI is InChI=1S/C14H22NO3P/c1-12-7-5-6-10-14(12,19(16,17)18)15-11-13-8-3-2-4-9-13/h2-4,8-9,12,15H,5-7,10-11H2,1H3,(H2,16,17,18)/t12-,14-/m0/s1. The van der Waals surface area contributed by atoms with Gasteiger partial charge in [-0.25, -0.2) is 0 Å². The van der Waals surface area contributed by atoms with Crippen LogP contribution in [0.25, 0.3) is 0 Å². The van der Waals surface area contributed by atoms with E-state index in [9.17, 15) is 14.4 Å². The van der Waals surface area contributed by atoms with Crippen LogP contribution in [0.2, 0.25) is 0 Å². The topological polar surface area (TPSA) is 69.6 Å². The molecule has 2 atom stereocenters. The first-order valence-electron chi connectivity index (χ1n) is 6.80. The second-order valence-corrected chi connectivity index (χ2v) is 7.34. The van der Waals surface area contributed by atoms with Gasteiger partial charge >= 0.3 is 7.60 Å². The fraction of sp³-hybridized carbons (Fsp3) is 0.571. The van der Waals surface area contributed by atoms with Crippen LogP contribution in [0.3, 0.4) is 0 Å². The molecule has 19 heavy (non-hydrogen) atoms. The van der Waals surface area contributed by atoms with E-state index in [1.807, 2.05) is 37.3 Å². The van der Waals surface area contributed by atoms with Crippen LogP contribution in [0, 0.1) is 5.92 Å². The minimum absolute atomic E-state index is 0.00852. The molecule has 1 aliphatic rings. The lowest BCUT2D eigenvalue weighted by atomic mass is 9.85. The monoisotopic (exact) mass is 283 g/mol. The first-order chi connectivity index (χ1) is 8.96. The van der Waals surface area contributed by atoms with E-state index in [1.165, 1.54) is 0 Å². The summed E-state index contributed by atoms with van der Waals surface area (Å²) in [5, 5.41) is 2.12. The molecule has 0 bridgehead atoms. The lowest BCUT2D eigenvalue weighted by Gasteiger charge is -2.43. The lowest BCUT2D eigenvalue weighted by molar-refractivity contribution is 0.185. The van der Waals surface area contributed by atoms with Crippen molar-refractivity contribution in [3.05, 3.63) is 35.9 Å². The fourth-order valence-corrected chi connectivity index (χ4v) is 4.42. The molecular formula is C14H22NO3P. The summed E-state index contributed by atoms with van der Waals surface area (Å²) >= 11 is 0.